The zero-order valence-electron chi connectivity index (χ0n) is 10.9. The molecule has 0 radical (unpaired) electrons. The molecule has 3 nitrogen and oxygen atoms in total. The minimum atomic E-state index is 0.285. The van der Waals surface area contributed by atoms with Crippen LogP contribution < -0.4 is 5.32 Å². The third-order valence-electron chi connectivity index (χ3n) is 2.78. The van der Waals surface area contributed by atoms with Crippen LogP contribution in [-0.4, -0.2) is 16.0 Å². The van der Waals surface area contributed by atoms with Crippen LogP contribution in [0.1, 0.15) is 27.2 Å². The number of anilines is 1. The summed E-state index contributed by atoms with van der Waals surface area (Å²) in [4.78, 5) is 8.51. The number of hydrogen-bond donors (Lipinski definition) is 1. The summed E-state index contributed by atoms with van der Waals surface area (Å²) in [5.74, 6) is 1.47. The Morgan fingerprint density at radius 2 is 1.89 bits per heavy atom. The summed E-state index contributed by atoms with van der Waals surface area (Å²) in [6, 6.07) is 8.25. The number of nitrogens with zero attached hydrogens (tertiary/aromatic N) is 2. The van der Waals surface area contributed by atoms with Crippen LogP contribution in [0.2, 0.25) is 5.28 Å². The van der Waals surface area contributed by atoms with E-state index < -0.39 is 0 Å². The van der Waals surface area contributed by atoms with E-state index in [0.717, 1.165) is 23.1 Å². The molecule has 0 fully saturated rings. The lowest BCUT2D eigenvalue weighted by Gasteiger charge is -2.17. The van der Waals surface area contributed by atoms with E-state index in [0.29, 0.717) is 12.0 Å². The van der Waals surface area contributed by atoms with Crippen LogP contribution in [0, 0.1) is 5.92 Å². The Morgan fingerprint density at radius 1 is 1.17 bits per heavy atom. The monoisotopic (exact) mass is 263 g/mol. The molecule has 4 heteroatoms. The van der Waals surface area contributed by atoms with Gasteiger partial charge >= 0.3 is 0 Å². The Labute approximate surface area is 113 Å². The van der Waals surface area contributed by atoms with Crippen molar-refractivity contribution >= 4 is 28.3 Å². The van der Waals surface area contributed by atoms with Gasteiger partial charge in [0.25, 0.3) is 0 Å². The van der Waals surface area contributed by atoms with Gasteiger partial charge in [0, 0.05) is 11.4 Å². The van der Waals surface area contributed by atoms with Crippen molar-refractivity contribution in [1.82, 2.24) is 9.97 Å². The molecule has 1 unspecified atom stereocenters. The molecule has 1 heterocycles. The SMILES string of the molecule is CC(C)CC(C)Nc1nc(Cl)nc2ccccc12. The molecule has 2 rings (SSSR count). The second-order valence-corrected chi connectivity index (χ2v) is 5.37. The topological polar surface area (TPSA) is 37.8 Å². The normalized spacial score (nSPS) is 12.9. The van der Waals surface area contributed by atoms with Gasteiger partial charge in [-0.15, -0.1) is 0 Å². The van der Waals surface area contributed by atoms with Crippen LogP contribution in [-0.2, 0) is 0 Å². The number of aromatic nitrogens is 2. The fourth-order valence-corrected chi connectivity index (χ4v) is 2.33. The summed E-state index contributed by atoms with van der Waals surface area (Å²) in [6.07, 6.45) is 1.09. The molecule has 0 saturated heterocycles. The van der Waals surface area contributed by atoms with Crippen molar-refractivity contribution in [3.05, 3.63) is 29.5 Å². The lowest BCUT2D eigenvalue weighted by Crippen LogP contribution is -2.18. The average Bonchev–Trinajstić information content (AvgIpc) is 2.27. The van der Waals surface area contributed by atoms with Crippen molar-refractivity contribution in [3.63, 3.8) is 0 Å². The maximum absolute atomic E-state index is 5.95. The third kappa shape index (κ3) is 3.10. The summed E-state index contributed by atoms with van der Waals surface area (Å²) >= 11 is 5.95. The van der Waals surface area contributed by atoms with E-state index in [1.54, 1.807) is 0 Å². The van der Waals surface area contributed by atoms with Crippen molar-refractivity contribution in [2.45, 2.75) is 33.2 Å². The molecular formula is C14H18ClN3. The Kier molecular flexibility index (Phi) is 4.02. The van der Waals surface area contributed by atoms with Crippen molar-refractivity contribution in [3.8, 4) is 0 Å². The van der Waals surface area contributed by atoms with E-state index >= 15 is 0 Å². The molecule has 1 aromatic heterocycles. The molecule has 0 aliphatic rings. The first-order valence-corrected chi connectivity index (χ1v) is 6.63. The maximum Gasteiger partial charge on any atom is 0.224 e. The van der Waals surface area contributed by atoms with Crippen LogP contribution in [0.5, 0.6) is 0 Å². The van der Waals surface area contributed by atoms with Gasteiger partial charge < -0.3 is 5.32 Å². The fraction of sp³-hybridized carbons (Fsp3) is 0.429. The second kappa shape index (κ2) is 5.53. The minimum Gasteiger partial charge on any atom is -0.367 e. The van der Waals surface area contributed by atoms with E-state index in [-0.39, 0.29) is 5.28 Å². The summed E-state index contributed by atoms with van der Waals surface area (Å²) in [5.41, 5.74) is 0.872. The Morgan fingerprint density at radius 3 is 2.61 bits per heavy atom. The number of fused-ring (bicyclic) bond motifs is 1. The van der Waals surface area contributed by atoms with Crippen molar-refractivity contribution in [2.75, 3.05) is 5.32 Å². The van der Waals surface area contributed by atoms with Gasteiger partial charge in [-0.3, -0.25) is 0 Å². The molecular weight excluding hydrogens is 246 g/mol. The Bertz CT molecular complexity index is 540. The molecule has 0 aliphatic heterocycles. The van der Waals surface area contributed by atoms with E-state index in [1.807, 2.05) is 24.3 Å². The molecule has 0 amide bonds. The lowest BCUT2D eigenvalue weighted by atomic mass is 10.1. The van der Waals surface area contributed by atoms with Gasteiger partial charge in [-0.1, -0.05) is 26.0 Å². The van der Waals surface area contributed by atoms with Gasteiger partial charge in [-0.05, 0) is 43.0 Å². The van der Waals surface area contributed by atoms with Crippen LogP contribution >= 0.6 is 11.6 Å². The summed E-state index contributed by atoms with van der Waals surface area (Å²) in [5, 5.41) is 4.72. The quantitative estimate of drug-likeness (QED) is 0.843. The van der Waals surface area contributed by atoms with Crippen molar-refractivity contribution in [1.29, 1.82) is 0 Å². The smallest absolute Gasteiger partial charge is 0.224 e. The number of para-hydroxylation sites is 1. The Balaban J connectivity index is 2.32. The molecule has 0 bridgehead atoms. The maximum atomic E-state index is 5.95. The van der Waals surface area contributed by atoms with Crippen LogP contribution in [0.15, 0.2) is 24.3 Å². The molecule has 1 N–H and O–H groups in total. The van der Waals surface area contributed by atoms with Crippen molar-refractivity contribution in [2.24, 2.45) is 5.92 Å². The van der Waals surface area contributed by atoms with Gasteiger partial charge in [-0.2, -0.15) is 0 Å². The van der Waals surface area contributed by atoms with E-state index in [4.69, 9.17) is 11.6 Å². The zero-order chi connectivity index (χ0) is 13.1. The van der Waals surface area contributed by atoms with Crippen LogP contribution in [0.25, 0.3) is 10.9 Å². The van der Waals surface area contributed by atoms with Gasteiger partial charge in [0.15, 0.2) is 0 Å². The van der Waals surface area contributed by atoms with Gasteiger partial charge in [0.2, 0.25) is 5.28 Å². The van der Waals surface area contributed by atoms with E-state index in [2.05, 4.69) is 36.1 Å². The Hall–Kier alpha value is -1.35. The zero-order valence-corrected chi connectivity index (χ0v) is 11.7. The second-order valence-electron chi connectivity index (χ2n) is 5.03. The predicted molar refractivity (Wildman–Crippen MR) is 77.1 cm³/mol. The molecule has 0 saturated carbocycles. The number of rotatable bonds is 4. The highest BCUT2D eigenvalue weighted by Gasteiger charge is 2.10. The summed E-state index contributed by atoms with van der Waals surface area (Å²) in [7, 11) is 0. The molecule has 0 aliphatic carbocycles. The first-order chi connectivity index (χ1) is 8.56. The highest BCUT2D eigenvalue weighted by Crippen LogP contribution is 2.23. The fourth-order valence-electron chi connectivity index (χ4n) is 2.16. The molecule has 1 aromatic carbocycles. The highest BCUT2D eigenvalue weighted by atomic mass is 35.5. The summed E-state index contributed by atoms with van der Waals surface area (Å²) < 4.78 is 0. The molecule has 1 atom stereocenters. The third-order valence-corrected chi connectivity index (χ3v) is 2.95. The first kappa shape index (κ1) is 13.1. The highest BCUT2D eigenvalue weighted by molar-refractivity contribution is 6.28. The minimum absolute atomic E-state index is 0.285. The first-order valence-electron chi connectivity index (χ1n) is 6.25. The van der Waals surface area contributed by atoms with Crippen LogP contribution in [0.3, 0.4) is 0 Å². The van der Waals surface area contributed by atoms with Crippen molar-refractivity contribution < 1.29 is 0 Å². The van der Waals surface area contributed by atoms with Gasteiger partial charge in [0.05, 0.1) is 5.52 Å². The summed E-state index contributed by atoms with van der Waals surface area (Å²) in [6.45, 7) is 6.58. The van der Waals surface area contributed by atoms with E-state index in [9.17, 15) is 0 Å². The van der Waals surface area contributed by atoms with Crippen LogP contribution in [0.4, 0.5) is 5.82 Å². The lowest BCUT2D eigenvalue weighted by molar-refractivity contribution is 0.539. The molecule has 96 valence electrons. The number of hydrogen-bond acceptors (Lipinski definition) is 3. The molecule has 2 aromatic rings. The van der Waals surface area contributed by atoms with Gasteiger partial charge in [-0.25, -0.2) is 9.97 Å². The molecule has 0 spiro atoms. The molecule has 18 heavy (non-hydrogen) atoms. The number of benzene rings is 1. The number of nitrogens with one attached hydrogen (secondary N) is 1. The standard InChI is InChI=1S/C14H18ClN3/c1-9(2)8-10(3)16-13-11-6-4-5-7-12(11)17-14(15)18-13/h4-7,9-10H,8H2,1-3H3,(H,16,17,18). The van der Waals surface area contributed by atoms with Gasteiger partial charge in [0.1, 0.15) is 5.82 Å². The van der Waals surface area contributed by atoms with E-state index in [1.165, 1.54) is 0 Å². The average molecular weight is 264 g/mol. The largest absolute Gasteiger partial charge is 0.367 e. The number of halogens is 1. The predicted octanol–water partition coefficient (Wildman–Crippen LogP) is 4.13.